The van der Waals surface area contributed by atoms with Gasteiger partial charge in [-0.2, -0.15) is 0 Å². The Hall–Kier alpha value is -1.53. The lowest BCUT2D eigenvalue weighted by Crippen LogP contribution is -2.17. The summed E-state index contributed by atoms with van der Waals surface area (Å²) in [6.07, 6.45) is 2.78. The number of halogens is 1. The Labute approximate surface area is 127 Å². The second kappa shape index (κ2) is 5.03. The molecule has 1 amide bonds. The van der Waals surface area contributed by atoms with Crippen LogP contribution in [-0.4, -0.2) is 25.1 Å². The highest BCUT2D eigenvalue weighted by Crippen LogP contribution is 2.35. The fourth-order valence-corrected chi connectivity index (χ4v) is 4.45. The minimum absolute atomic E-state index is 0.0202. The number of hydrogen-bond donors (Lipinski definition) is 2. The lowest BCUT2D eigenvalue weighted by molar-refractivity contribution is 0.0993. The number of sulfone groups is 1. The van der Waals surface area contributed by atoms with Crippen LogP contribution in [0, 0.1) is 5.92 Å². The van der Waals surface area contributed by atoms with Gasteiger partial charge in [0.25, 0.3) is 5.91 Å². The maximum absolute atomic E-state index is 12.6. The van der Waals surface area contributed by atoms with Crippen molar-refractivity contribution in [1.29, 1.82) is 0 Å². The predicted molar refractivity (Wildman–Crippen MR) is 81.2 cm³/mol. The molecule has 1 aliphatic carbocycles. The van der Waals surface area contributed by atoms with Crippen molar-refractivity contribution in [2.45, 2.75) is 24.2 Å². The minimum Gasteiger partial charge on any atom is -0.364 e. The number of H-pyrrole nitrogens is 1. The Kier molecular flexibility index (Phi) is 3.45. The standard InChI is InChI=1S/C14H15ClN2O3S/c15-9-3-4-11-10(7-9)13(12(17-11)14(16)18)21(19,20)6-5-8-1-2-8/h3-4,7-8,17H,1-2,5-6H2,(H2,16,18). The molecule has 1 aromatic carbocycles. The van der Waals surface area contributed by atoms with Gasteiger partial charge in [-0.1, -0.05) is 24.4 Å². The highest BCUT2D eigenvalue weighted by atomic mass is 35.5. The van der Waals surface area contributed by atoms with Crippen LogP contribution in [0.2, 0.25) is 5.02 Å². The first-order valence-corrected chi connectivity index (χ1v) is 8.75. The molecule has 1 aliphatic rings. The zero-order chi connectivity index (χ0) is 15.2. The molecular formula is C14H15ClN2O3S. The molecule has 0 spiro atoms. The molecule has 0 radical (unpaired) electrons. The topological polar surface area (TPSA) is 93.0 Å². The van der Waals surface area contributed by atoms with E-state index in [4.69, 9.17) is 17.3 Å². The van der Waals surface area contributed by atoms with Gasteiger partial charge < -0.3 is 10.7 Å². The van der Waals surface area contributed by atoms with Crippen LogP contribution in [0.5, 0.6) is 0 Å². The van der Waals surface area contributed by atoms with E-state index in [0.29, 0.717) is 28.3 Å². The number of benzene rings is 1. The molecule has 1 aromatic heterocycles. The molecule has 0 atom stereocenters. The van der Waals surface area contributed by atoms with Crippen LogP contribution in [-0.2, 0) is 9.84 Å². The summed E-state index contributed by atoms with van der Waals surface area (Å²) in [5.41, 5.74) is 5.79. The normalized spacial score (nSPS) is 15.5. The fourth-order valence-electron chi connectivity index (χ4n) is 2.47. The van der Waals surface area contributed by atoms with Gasteiger partial charge in [0.05, 0.1) is 5.75 Å². The average molecular weight is 327 g/mol. The summed E-state index contributed by atoms with van der Waals surface area (Å²) >= 11 is 5.94. The molecule has 0 bridgehead atoms. The first-order chi connectivity index (χ1) is 9.88. The molecule has 0 saturated heterocycles. The van der Waals surface area contributed by atoms with Crippen LogP contribution in [0.1, 0.15) is 29.8 Å². The number of amides is 1. The molecule has 0 unspecified atom stereocenters. The number of primary amides is 1. The van der Waals surface area contributed by atoms with Gasteiger partial charge in [-0.15, -0.1) is 0 Å². The average Bonchev–Trinajstić information content (AvgIpc) is 3.15. The van der Waals surface area contributed by atoms with Gasteiger partial charge >= 0.3 is 0 Å². The first-order valence-electron chi connectivity index (χ1n) is 6.72. The molecule has 21 heavy (non-hydrogen) atoms. The van der Waals surface area contributed by atoms with Gasteiger partial charge in [-0.3, -0.25) is 4.79 Å². The third-order valence-corrected chi connectivity index (χ3v) is 5.82. The van der Waals surface area contributed by atoms with Crippen LogP contribution in [0.25, 0.3) is 10.9 Å². The van der Waals surface area contributed by atoms with Crippen molar-refractivity contribution in [3.8, 4) is 0 Å². The lowest BCUT2D eigenvalue weighted by atomic mass is 10.2. The number of carbonyl (C=O) groups excluding carboxylic acids is 1. The Morgan fingerprint density at radius 1 is 1.38 bits per heavy atom. The Balaban J connectivity index is 2.15. The van der Waals surface area contributed by atoms with E-state index in [1.54, 1.807) is 18.2 Å². The van der Waals surface area contributed by atoms with Gasteiger partial charge in [0.1, 0.15) is 10.6 Å². The smallest absolute Gasteiger partial charge is 0.266 e. The maximum atomic E-state index is 12.6. The molecule has 7 heteroatoms. The SMILES string of the molecule is NC(=O)c1[nH]c2ccc(Cl)cc2c1S(=O)(=O)CCC1CC1. The second-order valence-corrected chi connectivity index (χ2v) is 7.92. The van der Waals surface area contributed by atoms with Crippen LogP contribution in [0.4, 0.5) is 0 Å². The highest BCUT2D eigenvalue weighted by molar-refractivity contribution is 7.91. The third-order valence-electron chi connectivity index (χ3n) is 3.76. The van der Waals surface area contributed by atoms with Crippen molar-refractivity contribution in [1.82, 2.24) is 4.98 Å². The van der Waals surface area contributed by atoms with Crippen molar-refractivity contribution >= 4 is 38.2 Å². The molecule has 1 fully saturated rings. The van der Waals surface area contributed by atoms with E-state index in [9.17, 15) is 13.2 Å². The van der Waals surface area contributed by atoms with Crippen LogP contribution >= 0.6 is 11.6 Å². The van der Waals surface area contributed by atoms with E-state index in [1.165, 1.54) is 0 Å². The van der Waals surface area contributed by atoms with E-state index in [0.717, 1.165) is 12.8 Å². The molecular weight excluding hydrogens is 312 g/mol. The molecule has 5 nitrogen and oxygen atoms in total. The molecule has 3 N–H and O–H groups in total. The molecule has 3 rings (SSSR count). The van der Waals surface area contributed by atoms with Gasteiger partial charge in [0.15, 0.2) is 9.84 Å². The Morgan fingerprint density at radius 2 is 2.10 bits per heavy atom. The van der Waals surface area contributed by atoms with Crippen LogP contribution in [0.15, 0.2) is 23.1 Å². The Morgan fingerprint density at radius 3 is 2.71 bits per heavy atom. The zero-order valence-corrected chi connectivity index (χ0v) is 12.8. The van der Waals surface area contributed by atoms with Crippen LogP contribution in [0.3, 0.4) is 0 Å². The molecule has 112 valence electrons. The lowest BCUT2D eigenvalue weighted by Gasteiger charge is -2.05. The summed E-state index contributed by atoms with van der Waals surface area (Å²) in [4.78, 5) is 14.3. The maximum Gasteiger partial charge on any atom is 0.266 e. The number of hydrogen-bond acceptors (Lipinski definition) is 3. The number of aromatic amines is 1. The third kappa shape index (κ3) is 2.78. The second-order valence-electron chi connectivity index (χ2n) is 5.43. The van der Waals surface area contributed by atoms with Crippen molar-refractivity contribution in [3.63, 3.8) is 0 Å². The summed E-state index contributed by atoms with van der Waals surface area (Å²) in [7, 11) is -3.58. The van der Waals surface area contributed by atoms with Crippen molar-refractivity contribution < 1.29 is 13.2 Å². The number of nitrogens with one attached hydrogen (secondary N) is 1. The van der Waals surface area contributed by atoms with E-state index in [1.807, 2.05) is 0 Å². The van der Waals surface area contributed by atoms with Crippen molar-refractivity contribution in [2.75, 3.05) is 5.75 Å². The van der Waals surface area contributed by atoms with Crippen LogP contribution < -0.4 is 5.73 Å². The summed E-state index contributed by atoms with van der Waals surface area (Å²) in [5, 5.41) is 0.836. The van der Waals surface area contributed by atoms with E-state index < -0.39 is 15.7 Å². The zero-order valence-electron chi connectivity index (χ0n) is 11.2. The summed E-state index contributed by atoms with van der Waals surface area (Å²) in [5.74, 6) is -0.268. The van der Waals surface area contributed by atoms with Gasteiger partial charge in [-0.25, -0.2) is 8.42 Å². The Bertz CT molecular complexity index is 822. The number of nitrogens with two attached hydrogens (primary N) is 1. The van der Waals surface area contributed by atoms with E-state index in [-0.39, 0.29) is 16.3 Å². The molecule has 1 heterocycles. The number of rotatable bonds is 5. The highest BCUT2D eigenvalue weighted by Gasteiger charge is 2.30. The monoisotopic (exact) mass is 326 g/mol. The van der Waals surface area contributed by atoms with E-state index in [2.05, 4.69) is 4.98 Å². The van der Waals surface area contributed by atoms with Gasteiger partial charge in [-0.05, 0) is 30.5 Å². The number of carbonyl (C=O) groups is 1. The first kappa shape index (κ1) is 14.4. The largest absolute Gasteiger partial charge is 0.364 e. The minimum atomic E-state index is -3.58. The fraction of sp³-hybridized carbons (Fsp3) is 0.357. The summed E-state index contributed by atoms with van der Waals surface area (Å²) in [6, 6.07) is 4.82. The van der Waals surface area contributed by atoms with Crippen molar-refractivity contribution in [2.24, 2.45) is 11.7 Å². The quantitative estimate of drug-likeness (QED) is 0.884. The molecule has 1 saturated carbocycles. The molecule has 0 aliphatic heterocycles. The van der Waals surface area contributed by atoms with Gasteiger partial charge in [0, 0.05) is 15.9 Å². The molecule has 2 aromatic rings. The van der Waals surface area contributed by atoms with E-state index >= 15 is 0 Å². The number of aromatic nitrogens is 1. The van der Waals surface area contributed by atoms with Gasteiger partial charge in [0.2, 0.25) is 0 Å². The summed E-state index contributed by atoms with van der Waals surface area (Å²) < 4.78 is 25.2. The van der Waals surface area contributed by atoms with Crippen molar-refractivity contribution in [3.05, 3.63) is 28.9 Å². The summed E-state index contributed by atoms with van der Waals surface area (Å²) in [6.45, 7) is 0. The number of fused-ring (bicyclic) bond motifs is 1. The predicted octanol–water partition coefficient (Wildman–Crippen LogP) is 2.49.